The summed E-state index contributed by atoms with van der Waals surface area (Å²) in [6.07, 6.45) is 0.333. The monoisotopic (exact) mass is 575 g/mol. The Balaban J connectivity index is 2.10. The van der Waals surface area contributed by atoms with Crippen LogP contribution in [0.1, 0.15) is 30.0 Å². The lowest BCUT2D eigenvalue weighted by molar-refractivity contribution is -0.140. The molecule has 0 heterocycles. The molecule has 7 nitrogen and oxygen atoms in total. The Kier molecular flexibility index (Phi) is 9.82. The van der Waals surface area contributed by atoms with Crippen LogP contribution < -0.4 is 9.62 Å². The Morgan fingerprint density at radius 2 is 1.50 bits per heavy atom. The molecule has 1 N–H and O–H groups in total. The van der Waals surface area contributed by atoms with Gasteiger partial charge in [0, 0.05) is 13.6 Å². The summed E-state index contributed by atoms with van der Waals surface area (Å²) >= 11 is 12.7. The first-order valence-electron chi connectivity index (χ1n) is 12.1. The molecule has 2 amide bonds. The first-order chi connectivity index (χ1) is 18.0. The quantitative estimate of drug-likeness (QED) is 0.352. The highest BCUT2D eigenvalue weighted by Crippen LogP contribution is 2.35. The lowest BCUT2D eigenvalue weighted by Gasteiger charge is -2.33. The van der Waals surface area contributed by atoms with Gasteiger partial charge < -0.3 is 10.2 Å². The van der Waals surface area contributed by atoms with E-state index in [1.165, 1.54) is 36.2 Å². The van der Waals surface area contributed by atoms with E-state index in [9.17, 15) is 18.0 Å². The smallest absolute Gasteiger partial charge is 0.264 e. The van der Waals surface area contributed by atoms with Crippen molar-refractivity contribution in [2.75, 3.05) is 17.9 Å². The highest BCUT2D eigenvalue weighted by Gasteiger charge is 2.34. The van der Waals surface area contributed by atoms with Gasteiger partial charge in [0.25, 0.3) is 10.0 Å². The standard InChI is InChI=1S/C28H31Cl2N3O4S/c1-5-24(28(35)31-4)32(17-21-13-9-19(2)10-14-21)26(34)18-33(25-8-6-7-23(29)27(25)30)38(36,37)22-15-11-20(3)12-16-22/h6-16,24H,5,17-18H2,1-4H3,(H,31,35). The summed E-state index contributed by atoms with van der Waals surface area (Å²) in [5, 5.41) is 2.75. The predicted molar refractivity (Wildman–Crippen MR) is 152 cm³/mol. The number of nitrogens with one attached hydrogen (secondary N) is 1. The molecule has 3 aromatic carbocycles. The fourth-order valence-electron chi connectivity index (χ4n) is 4.01. The molecule has 1 atom stereocenters. The zero-order valence-electron chi connectivity index (χ0n) is 21.7. The summed E-state index contributed by atoms with van der Waals surface area (Å²) in [6.45, 7) is 5.12. The van der Waals surface area contributed by atoms with Crippen LogP contribution in [0, 0.1) is 13.8 Å². The number of carbonyl (C=O) groups excluding carboxylic acids is 2. The number of aryl methyl sites for hydroxylation is 2. The molecule has 0 saturated heterocycles. The van der Waals surface area contributed by atoms with Crippen LogP contribution in [0.25, 0.3) is 0 Å². The molecule has 0 aliphatic rings. The summed E-state index contributed by atoms with van der Waals surface area (Å²) in [7, 11) is -2.73. The molecule has 1 unspecified atom stereocenters. The lowest BCUT2D eigenvalue weighted by atomic mass is 10.1. The van der Waals surface area contributed by atoms with E-state index in [0.29, 0.717) is 6.42 Å². The Hall–Kier alpha value is -3.07. The molecule has 10 heteroatoms. The summed E-state index contributed by atoms with van der Waals surface area (Å²) in [6, 6.07) is 17.7. The predicted octanol–water partition coefficient (Wildman–Crippen LogP) is 5.36. The third-order valence-corrected chi connectivity index (χ3v) is 8.78. The zero-order valence-corrected chi connectivity index (χ0v) is 24.1. The van der Waals surface area contributed by atoms with Crippen molar-refractivity contribution in [3.8, 4) is 0 Å². The maximum absolute atomic E-state index is 13.9. The highest BCUT2D eigenvalue weighted by atomic mass is 35.5. The number of sulfonamides is 1. The molecule has 0 bridgehead atoms. The molecule has 0 aliphatic heterocycles. The summed E-state index contributed by atoms with van der Waals surface area (Å²) in [5.41, 5.74) is 2.81. The molecule has 38 heavy (non-hydrogen) atoms. The van der Waals surface area contributed by atoms with Gasteiger partial charge in [0.05, 0.1) is 20.6 Å². The van der Waals surface area contributed by atoms with Crippen LogP contribution in [0.4, 0.5) is 5.69 Å². The lowest BCUT2D eigenvalue weighted by Crippen LogP contribution is -2.51. The van der Waals surface area contributed by atoms with E-state index in [1.54, 1.807) is 25.1 Å². The average Bonchev–Trinajstić information content (AvgIpc) is 2.90. The Morgan fingerprint density at radius 3 is 2.05 bits per heavy atom. The van der Waals surface area contributed by atoms with E-state index >= 15 is 0 Å². The maximum Gasteiger partial charge on any atom is 0.264 e. The Bertz CT molecular complexity index is 1390. The van der Waals surface area contributed by atoms with E-state index < -0.39 is 28.5 Å². The van der Waals surface area contributed by atoms with Gasteiger partial charge >= 0.3 is 0 Å². The van der Waals surface area contributed by atoms with Gasteiger partial charge in [-0.15, -0.1) is 0 Å². The SMILES string of the molecule is CCC(C(=O)NC)N(Cc1ccc(C)cc1)C(=O)CN(c1cccc(Cl)c1Cl)S(=O)(=O)c1ccc(C)cc1. The molecule has 0 fully saturated rings. The minimum atomic E-state index is -4.23. The number of nitrogens with zero attached hydrogens (tertiary/aromatic N) is 2. The van der Waals surface area contributed by atoms with Gasteiger partial charge in [-0.25, -0.2) is 8.42 Å². The van der Waals surface area contributed by atoms with Crippen molar-refractivity contribution in [2.45, 2.75) is 44.7 Å². The van der Waals surface area contributed by atoms with Crippen molar-refractivity contribution in [1.29, 1.82) is 0 Å². The Morgan fingerprint density at radius 1 is 0.921 bits per heavy atom. The first-order valence-corrected chi connectivity index (χ1v) is 14.3. The topological polar surface area (TPSA) is 86.8 Å². The van der Waals surface area contributed by atoms with Crippen molar-refractivity contribution in [3.63, 3.8) is 0 Å². The maximum atomic E-state index is 13.9. The van der Waals surface area contributed by atoms with Gasteiger partial charge in [-0.1, -0.05) is 83.7 Å². The van der Waals surface area contributed by atoms with E-state index in [2.05, 4.69) is 5.32 Å². The van der Waals surface area contributed by atoms with Crippen LogP contribution in [-0.4, -0.2) is 44.8 Å². The van der Waals surface area contributed by atoms with Gasteiger partial charge in [-0.05, 0) is 50.1 Å². The fraction of sp³-hybridized carbons (Fsp3) is 0.286. The van der Waals surface area contributed by atoms with Crippen LogP contribution in [0.15, 0.2) is 71.6 Å². The highest BCUT2D eigenvalue weighted by molar-refractivity contribution is 7.92. The average molecular weight is 577 g/mol. The minimum Gasteiger partial charge on any atom is -0.357 e. The van der Waals surface area contributed by atoms with Crippen LogP contribution in [-0.2, 0) is 26.2 Å². The van der Waals surface area contributed by atoms with Crippen molar-refractivity contribution in [3.05, 3.63) is 93.5 Å². The van der Waals surface area contributed by atoms with E-state index in [0.717, 1.165) is 21.0 Å². The van der Waals surface area contributed by atoms with Gasteiger partial charge in [-0.2, -0.15) is 0 Å². The third-order valence-electron chi connectivity index (χ3n) is 6.19. The first kappa shape index (κ1) is 29.5. The van der Waals surface area contributed by atoms with Gasteiger partial charge in [0.1, 0.15) is 12.6 Å². The van der Waals surface area contributed by atoms with Crippen molar-refractivity contribution in [1.82, 2.24) is 10.2 Å². The number of amides is 2. The second kappa shape index (κ2) is 12.7. The number of hydrogen-bond donors (Lipinski definition) is 1. The minimum absolute atomic E-state index is 0.00100. The molecule has 3 rings (SSSR count). The van der Waals surface area contributed by atoms with Gasteiger partial charge in [0.2, 0.25) is 11.8 Å². The Labute approximate surface area is 234 Å². The largest absolute Gasteiger partial charge is 0.357 e. The van der Waals surface area contributed by atoms with E-state index in [1.807, 2.05) is 38.1 Å². The van der Waals surface area contributed by atoms with Crippen molar-refractivity contribution in [2.24, 2.45) is 0 Å². The molecular weight excluding hydrogens is 545 g/mol. The fourth-order valence-corrected chi connectivity index (χ4v) is 5.89. The molecule has 202 valence electrons. The van der Waals surface area contributed by atoms with E-state index in [4.69, 9.17) is 23.2 Å². The number of likely N-dealkylation sites (N-methyl/N-ethyl adjacent to an activating group) is 1. The van der Waals surface area contributed by atoms with Crippen molar-refractivity contribution < 1.29 is 18.0 Å². The number of carbonyl (C=O) groups is 2. The number of benzene rings is 3. The van der Waals surface area contributed by atoms with Crippen LogP contribution in [0.5, 0.6) is 0 Å². The van der Waals surface area contributed by atoms with Gasteiger partial charge in [-0.3, -0.25) is 13.9 Å². The zero-order chi connectivity index (χ0) is 28.0. The molecular formula is C28H31Cl2N3O4S. The second-order valence-electron chi connectivity index (χ2n) is 8.94. The third kappa shape index (κ3) is 6.67. The molecule has 3 aromatic rings. The van der Waals surface area contributed by atoms with Crippen LogP contribution in [0.2, 0.25) is 10.0 Å². The van der Waals surface area contributed by atoms with E-state index in [-0.39, 0.29) is 33.1 Å². The molecule has 0 radical (unpaired) electrons. The van der Waals surface area contributed by atoms with Crippen LogP contribution >= 0.6 is 23.2 Å². The summed E-state index contributed by atoms with van der Waals surface area (Å²) in [4.78, 5) is 28.1. The van der Waals surface area contributed by atoms with Crippen LogP contribution in [0.3, 0.4) is 0 Å². The molecule has 0 saturated carbocycles. The normalized spacial score (nSPS) is 12.1. The molecule has 0 spiro atoms. The molecule has 0 aromatic heterocycles. The number of anilines is 1. The molecule has 0 aliphatic carbocycles. The second-order valence-corrected chi connectivity index (χ2v) is 11.6. The van der Waals surface area contributed by atoms with Gasteiger partial charge in [0.15, 0.2) is 0 Å². The number of halogens is 2. The number of rotatable bonds is 10. The summed E-state index contributed by atoms with van der Waals surface area (Å²) < 4.78 is 28.7. The van der Waals surface area contributed by atoms with Crippen molar-refractivity contribution >= 4 is 50.7 Å². The number of hydrogen-bond acceptors (Lipinski definition) is 4. The summed E-state index contributed by atoms with van der Waals surface area (Å²) in [5.74, 6) is -0.908.